The standard InChI is InChI=1S/C34H57N5O7S/c1-20(2)13-16-47(45,46)19-34(14-9-8-10-15-34)38-31(44)37-27(32(3,4)5)30(43)39-18-22-24(33(22,6)7)25(39)29(42)36-23(17-21-11-12-21)26(40)28(35)41/h20-25,27H,8-19H2,1-7H3,(H2,35,41)(H,36,42)(H2,37,38,44)/t22-,23?,24-,25-,27+/m0/s1. The second-order valence-corrected chi connectivity index (χ2v) is 19.1. The predicted octanol–water partition coefficient (Wildman–Crippen LogP) is 2.69. The van der Waals surface area contributed by atoms with E-state index in [0.717, 1.165) is 32.1 Å². The quantitative estimate of drug-likeness (QED) is 0.203. The van der Waals surface area contributed by atoms with Gasteiger partial charge in [-0.05, 0) is 60.2 Å². The molecular weight excluding hydrogens is 622 g/mol. The largest absolute Gasteiger partial charge is 0.363 e. The zero-order valence-corrected chi connectivity index (χ0v) is 30.1. The van der Waals surface area contributed by atoms with Crippen molar-refractivity contribution >= 4 is 39.4 Å². The van der Waals surface area contributed by atoms with Crippen LogP contribution in [0, 0.1) is 34.5 Å². The fourth-order valence-corrected chi connectivity index (χ4v) is 10.0. The van der Waals surface area contributed by atoms with Crippen molar-refractivity contribution in [3.8, 4) is 0 Å². The minimum atomic E-state index is -3.44. The monoisotopic (exact) mass is 679 g/mol. The molecule has 266 valence electrons. The lowest BCUT2D eigenvalue weighted by Gasteiger charge is -2.40. The molecule has 0 spiro atoms. The molecule has 4 aliphatic rings. The first kappa shape index (κ1) is 37.1. The number of nitrogens with two attached hydrogens (primary N) is 1. The van der Waals surface area contributed by atoms with Crippen LogP contribution in [0.5, 0.6) is 0 Å². The number of hydrogen-bond donors (Lipinski definition) is 4. The Balaban J connectivity index is 1.52. The maximum atomic E-state index is 14.4. The Morgan fingerprint density at radius 2 is 1.60 bits per heavy atom. The highest BCUT2D eigenvalue weighted by molar-refractivity contribution is 7.91. The van der Waals surface area contributed by atoms with Gasteiger partial charge in [0, 0.05) is 6.54 Å². The molecule has 0 radical (unpaired) electrons. The lowest BCUT2D eigenvalue weighted by atomic mass is 9.83. The third kappa shape index (κ3) is 8.86. The number of nitrogens with zero attached hydrogens (tertiary/aromatic N) is 1. The minimum absolute atomic E-state index is 0.0580. The number of nitrogens with one attached hydrogen (secondary N) is 3. The number of fused-ring (bicyclic) bond motifs is 1. The van der Waals surface area contributed by atoms with Crippen LogP contribution in [0.2, 0.25) is 0 Å². The molecule has 1 saturated heterocycles. The van der Waals surface area contributed by atoms with Crippen LogP contribution in [0.15, 0.2) is 0 Å². The number of carbonyl (C=O) groups excluding carboxylic acids is 5. The third-order valence-corrected chi connectivity index (χ3v) is 12.8. The molecule has 1 aliphatic heterocycles. The van der Waals surface area contributed by atoms with Crippen LogP contribution in [-0.2, 0) is 29.0 Å². The van der Waals surface area contributed by atoms with E-state index in [1.165, 1.54) is 4.90 Å². The van der Waals surface area contributed by atoms with Crippen molar-refractivity contribution in [2.45, 2.75) is 130 Å². The molecule has 1 unspecified atom stereocenters. The molecule has 1 heterocycles. The summed E-state index contributed by atoms with van der Waals surface area (Å²) >= 11 is 0. The van der Waals surface area contributed by atoms with Gasteiger partial charge in [-0.25, -0.2) is 13.2 Å². The Morgan fingerprint density at radius 3 is 2.13 bits per heavy atom. The first-order valence-electron chi connectivity index (χ1n) is 17.4. The van der Waals surface area contributed by atoms with Gasteiger partial charge in [-0.2, -0.15) is 0 Å². The lowest BCUT2D eigenvalue weighted by molar-refractivity contribution is -0.145. The number of ketones is 1. The van der Waals surface area contributed by atoms with Crippen molar-refractivity contribution in [3.63, 3.8) is 0 Å². The van der Waals surface area contributed by atoms with Gasteiger partial charge in [-0.15, -0.1) is 0 Å². The van der Waals surface area contributed by atoms with Gasteiger partial charge in [0.05, 0.1) is 23.1 Å². The number of rotatable bonds is 14. The van der Waals surface area contributed by atoms with E-state index >= 15 is 0 Å². The highest BCUT2D eigenvalue weighted by atomic mass is 32.2. The number of hydrogen-bond acceptors (Lipinski definition) is 7. The van der Waals surface area contributed by atoms with Crippen LogP contribution in [0.25, 0.3) is 0 Å². The lowest BCUT2D eigenvalue weighted by Crippen LogP contribution is -2.64. The van der Waals surface area contributed by atoms with Crippen LogP contribution in [0.1, 0.15) is 106 Å². The van der Waals surface area contributed by atoms with Gasteiger partial charge in [0.15, 0.2) is 9.84 Å². The van der Waals surface area contributed by atoms with Crippen LogP contribution >= 0.6 is 0 Å². The number of amides is 5. The molecule has 0 aromatic carbocycles. The summed E-state index contributed by atoms with van der Waals surface area (Å²) in [7, 11) is -3.44. The molecule has 4 rings (SSSR count). The Bertz CT molecular complexity index is 1340. The summed E-state index contributed by atoms with van der Waals surface area (Å²) in [5, 5.41) is 8.65. The average Bonchev–Trinajstić information content (AvgIpc) is 3.80. The summed E-state index contributed by atoms with van der Waals surface area (Å²) in [5.41, 5.74) is 3.43. The van der Waals surface area contributed by atoms with Crippen LogP contribution in [-0.4, -0.2) is 84.6 Å². The molecule has 0 aromatic heterocycles. The van der Waals surface area contributed by atoms with Crippen molar-refractivity contribution in [1.82, 2.24) is 20.9 Å². The SMILES string of the molecule is CC(C)CCS(=O)(=O)CC1(NC(=O)N[C@H](C(=O)N2C[C@H]3[C@@H]([C@H]2C(=O)NC(CC2CC2)C(=O)C(N)=O)C3(C)C)C(C)(C)C)CCCCC1. The van der Waals surface area contributed by atoms with Crippen LogP contribution in [0.4, 0.5) is 4.79 Å². The molecular formula is C34H57N5O7S. The van der Waals surface area contributed by atoms with E-state index < -0.39 is 68.5 Å². The van der Waals surface area contributed by atoms with Gasteiger partial charge in [0.25, 0.3) is 5.91 Å². The van der Waals surface area contributed by atoms with E-state index in [9.17, 15) is 32.4 Å². The van der Waals surface area contributed by atoms with Gasteiger partial charge in [-0.1, -0.05) is 80.6 Å². The molecule has 5 amide bonds. The molecule has 4 fully saturated rings. The Kier molecular flexibility index (Phi) is 10.8. The minimum Gasteiger partial charge on any atom is -0.363 e. The molecule has 5 N–H and O–H groups in total. The van der Waals surface area contributed by atoms with Crippen molar-refractivity contribution in [2.24, 2.45) is 40.2 Å². The summed E-state index contributed by atoms with van der Waals surface area (Å²) in [6, 6.07) is -3.56. The Hall–Kier alpha value is -2.70. The summed E-state index contributed by atoms with van der Waals surface area (Å²) in [5.74, 6) is -2.56. The second kappa shape index (κ2) is 13.7. The van der Waals surface area contributed by atoms with Gasteiger partial charge in [0.1, 0.15) is 12.1 Å². The smallest absolute Gasteiger partial charge is 0.315 e. The van der Waals surface area contributed by atoms with E-state index in [2.05, 4.69) is 16.0 Å². The second-order valence-electron chi connectivity index (χ2n) is 16.9. The van der Waals surface area contributed by atoms with E-state index in [1.54, 1.807) is 0 Å². The molecule has 0 bridgehead atoms. The summed E-state index contributed by atoms with van der Waals surface area (Å²) in [4.78, 5) is 67.8. The van der Waals surface area contributed by atoms with E-state index in [4.69, 9.17) is 5.73 Å². The van der Waals surface area contributed by atoms with E-state index in [0.29, 0.717) is 32.2 Å². The zero-order chi connectivity index (χ0) is 35.1. The summed E-state index contributed by atoms with van der Waals surface area (Å²) in [6.45, 7) is 13.9. The third-order valence-electron chi connectivity index (χ3n) is 11.0. The average molecular weight is 680 g/mol. The molecule has 3 aliphatic carbocycles. The fourth-order valence-electron chi connectivity index (χ4n) is 7.83. The van der Waals surface area contributed by atoms with Crippen molar-refractivity contribution < 1.29 is 32.4 Å². The molecule has 12 nitrogen and oxygen atoms in total. The maximum Gasteiger partial charge on any atom is 0.315 e. The predicted molar refractivity (Wildman–Crippen MR) is 179 cm³/mol. The maximum absolute atomic E-state index is 14.4. The number of primary amides is 1. The number of piperidine rings is 1. The fraction of sp³-hybridized carbons (Fsp3) is 0.853. The van der Waals surface area contributed by atoms with Crippen molar-refractivity contribution in [3.05, 3.63) is 0 Å². The summed E-state index contributed by atoms with van der Waals surface area (Å²) in [6.07, 6.45) is 6.33. The summed E-state index contributed by atoms with van der Waals surface area (Å²) < 4.78 is 26.3. The van der Waals surface area contributed by atoms with Gasteiger partial charge >= 0.3 is 6.03 Å². The molecule has 3 saturated carbocycles. The van der Waals surface area contributed by atoms with E-state index in [-0.39, 0.29) is 40.6 Å². The van der Waals surface area contributed by atoms with Crippen LogP contribution < -0.4 is 21.7 Å². The number of Topliss-reactive ketones (excluding diaryl/α,β-unsaturated/α-hetero) is 1. The first-order valence-corrected chi connectivity index (χ1v) is 19.2. The molecule has 5 atom stereocenters. The molecule has 47 heavy (non-hydrogen) atoms. The van der Waals surface area contributed by atoms with Gasteiger partial charge < -0.3 is 26.6 Å². The number of likely N-dealkylation sites (tertiary alicyclic amines) is 1. The number of carbonyl (C=O) groups is 5. The van der Waals surface area contributed by atoms with Crippen molar-refractivity contribution in [2.75, 3.05) is 18.1 Å². The molecule has 13 heteroatoms. The highest BCUT2D eigenvalue weighted by Gasteiger charge is 2.70. The van der Waals surface area contributed by atoms with Gasteiger partial charge in [-0.3, -0.25) is 19.2 Å². The van der Waals surface area contributed by atoms with Crippen molar-refractivity contribution in [1.29, 1.82) is 0 Å². The zero-order valence-electron chi connectivity index (χ0n) is 29.3. The number of sulfone groups is 1. The van der Waals surface area contributed by atoms with Crippen LogP contribution in [0.3, 0.4) is 0 Å². The Morgan fingerprint density at radius 1 is 0.979 bits per heavy atom. The first-order chi connectivity index (χ1) is 21.7. The normalized spacial score (nSPS) is 26.1. The topological polar surface area (TPSA) is 185 Å². The Labute approximate surface area is 280 Å². The molecule has 0 aromatic rings. The van der Waals surface area contributed by atoms with E-state index in [1.807, 2.05) is 48.5 Å². The highest BCUT2D eigenvalue weighted by Crippen LogP contribution is 2.65. The van der Waals surface area contributed by atoms with Gasteiger partial charge in [0.2, 0.25) is 17.6 Å². The number of urea groups is 1.